The molecule has 8 nitrogen and oxygen atoms in total. The van der Waals surface area contributed by atoms with E-state index in [-0.39, 0.29) is 5.15 Å². The molecule has 164 valence electrons. The van der Waals surface area contributed by atoms with Crippen LogP contribution in [0.1, 0.15) is 11.1 Å². The van der Waals surface area contributed by atoms with Crippen LogP contribution in [0.4, 0.5) is 11.6 Å². The first-order chi connectivity index (χ1) is 15.6. The molecule has 3 heterocycles. The summed E-state index contributed by atoms with van der Waals surface area (Å²) in [7, 11) is 5.43. The van der Waals surface area contributed by atoms with Gasteiger partial charge in [0.15, 0.2) is 11.0 Å². The third-order valence-electron chi connectivity index (χ3n) is 5.74. The smallest absolute Gasteiger partial charge is 0.249 e. The van der Waals surface area contributed by atoms with E-state index in [1.807, 2.05) is 35.0 Å². The Morgan fingerprint density at radius 2 is 1.88 bits per heavy atom. The van der Waals surface area contributed by atoms with E-state index in [9.17, 15) is 0 Å². The Morgan fingerprint density at radius 1 is 1.03 bits per heavy atom. The van der Waals surface area contributed by atoms with Crippen molar-refractivity contribution >= 4 is 34.1 Å². The highest BCUT2D eigenvalue weighted by atomic mass is 35.5. The van der Waals surface area contributed by atoms with Crippen LogP contribution in [0.15, 0.2) is 42.6 Å². The molecule has 0 saturated carbocycles. The molecule has 32 heavy (non-hydrogen) atoms. The quantitative estimate of drug-likeness (QED) is 0.487. The van der Waals surface area contributed by atoms with Gasteiger partial charge in [-0.25, -0.2) is 0 Å². The second-order valence-corrected chi connectivity index (χ2v) is 8.12. The number of hydrogen-bond acceptors (Lipinski definition) is 7. The normalized spacial score (nSPS) is 13.8. The molecule has 0 spiro atoms. The summed E-state index contributed by atoms with van der Waals surface area (Å²) in [5.74, 6) is 2.33. The van der Waals surface area contributed by atoms with Gasteiger partial charge in [-0.2, -0.15) is 4.98 Å². The van der Waals surface area contributed by atoms with Crippen LogP contribution in [0, 0.1) is 0 Å². The molecule has 1 aliphatic rings. The Kier molecular flexibility index (Phi) is 5.32. The first kappa shape index (κ1) is 20.5. The van der Waals surface area contributed by atoms with Gasteiger partial charge in [0.1, 0.15) is 11.5 Å². The van der Waals surface area contributed by atoms with Crippen molar-refractivity contribution < 1.29 is 9.47 Å². The number of nitrogens with one attached hydrogen (secondary N) is 1. The van der Waals surface area contributed by atoms with E-state index in [0.29, 0.717) is 11.8 Å². The van der Waals surface area contributed by atoms with Crippen LogP contribution in [0.5, 0.6) is 11.5 Å². The fourth-order valence-electron chi connectivity index (χ4n) is 4.13. The standard InChI is InChI=1S/C23H23ClN6O2/c1-29-9-7-14-12-20(32-3)17(11-15(14)13-29)25-23-26-22(21(24)27-28-23)30-10-8-16-18(30)5-4-6-19(16)31-2/h4-6,8,10-12H,7,9,13H2,1-3H3,(H,25,26,28). The second-order valence-electron chi connectivity index (χ2n) is 7.76. The predicted molar refractivity (Wildman–Crippen MR) is 125 cm³/mol. The maximum Gasteiger partial charge on any atom is 0.249 e. The Labute approximate surface area is 190 Å². The number of likely N-dealkylation sites (N-methyl/N-ethyl adjacent to an activating group) is 1. The van der Waals surface area contributed by atoms with E-state index < -0.39 is 0 Å². The Hall–Kier alpha value is -3.36. The number of halogens is 1. The fourth-order valence-corrected chi connectivity index (χ4v) is 4.30. The Morgan fingerprint density at radius 3 is 2.69 bits per heavy atom. The van der Waals surface area contributed by atoms with Crippen LogP contribution >= 0.6 is 11.6 Å². The lowest BCUT2D eigenvalue weighted by Gasteiger charge is -2.26. The molecule has 5 rings (SSSR count). The van der Waals surface area contributed by atoms with E-state index in [1.54, 1.807) is 14.2 Å². The van der Waals surface area contributed by atoms with Crippen LogP contribution in [0.3, 0.4) is 0 Å². The van der Waals surface area contributed by atoms with Crippen molar-refractivity contribution in [3.63, 3.8) is 0 Å². The van der Waals surface area contributed by atoms with Gasteiger partial charge in [0, 0.05) is 24.7 Å². The van der Waals surface area contributed by atoms with Gasteiger partial charge in [-0.05, 0) is 54.9 Å². The molecule has 0 radical (unpaired) electrons. The minimum atomic E-state index is 0.204. The van der Waals surface area contributed by atoms with E-state index in [1.165, 1.54) is 11.1 Å². The molecule has 0 saturated heterocycles. The molecule has 2 aromatic carbocycles. The van der Waals surface area contributed by atoms with Crippen molar-refractivity contribution in [1.29, 1.82) is 0 Å². The van der Waals surface area contributed by atoms with Gasteiger partial charge in [-0.3, -0.25) is 4.57 Å². The number of methoxy groups -OCH3 is 2. The summed E-state index contributed by atoms with van der Waals surface area (Å²) in [5.41, 5.74) is 4.25. The molecule has 0 atom stereocenters. The van der Waals surface area contributed by atoms with Crippen molar-refractivity contribution in [3.05, 3.63) is 58.9 Å². The third kappa shape index (κ3) is 3.61. The lowest BCUT2D eigenvalue weighted by atomic mass is 9.99. The monoisotopic (exact) mass is 450 g/mol. The number of ether oxygens (including phenoxy) is 2. The number of aromatic nitrogens is 4. The molecular weight excluding hydrogens is 428 g/mol. The predicted octanol–water partition coefficient (Wildman–Crippen LogP) is 4.22. The molecular formula is C23H23ClN6O2. The molecule has 0 amide bonds. The van der Waals surface area contributed by atoms with E-state index >= 15 is 0 Å². The molecule has 0 fully saturated rings. The van der Waals surface area contributed by atoms with Crippen molar-refractivity contribution in [2.75, 3.05) is 33.1 Å². The van der Waals surface area contributed by atoms with Crippen LogP contribution in [0.2, 0.25) is 5.15 Å². The number of benzene rings is 2. The summed E-state index contributed by atoms with van der Waals surface area (Å²) in [5, 5.41) is 12.7. The van der Waals surface area contributed by atoms with Gasteiger partial charge in [0.05, 0.1) is 25.4 Å². The molecule has 9 heteroatoms. The summed E-state index contributed by atoms with van der Waals surface area (Å²) in [6.45, 7) is 1.92. The molecule has 0 unspecified atom stereocenters. The van der Waals surface area contributed by atoms with E-state index in [0.717, 1.165) is 47.6 Å². The van der Waals surface area contributed by atoms with Gasteiger partial charge in [0.25, 0.3) is 0 Å². The summed E-state index contributed by atoms with van der Waals surface area (Å²) in [6.07, 6.45) is 2.89. The highest BCUT2D eigenvalue weighted by Crippen LogP contribution is 2.34. The summed E-state index contributed by atoms with van der Waals surface area (Å²) in [6, 6.07) is 12.0. The number of nitrogens with zero attached hydrogens (tertiary/aromatic N) is 5. The number of anilines is 2. The van der Waals surface area contributed by atoms with Crippen LogP contribution in [0.25, 0.3) is 16.7 Å². The van der Waals surface area contributed by atoms with Crippen molar-refractivity contribution in [3.8, 4) is 17.3 Å². The lowest BCUT2D eigenvalue weighted by molar-refractivity contribution is 0.312. The second kappa shape index (κ2) is 8.29. The van der Waals surface area contributed by atoms with E-state index in [2.05, 4.69) is 44.6 Å². The maximum absolute atomic E-state index is 6.39. The summed E-state index contributed by atoms with van der Waals surface area (Å²) in [4.78, 5) is 6.95. The Balaban J connectivity index is 1.54. The molecule has 4 aromatic rings. The van der Waals surface area contributed by atoms with Crippen molar-refractivity contribution in [1.82, 2.24) is 24.6 Å². The first-order valence-electron chi connectivity index (χ1n) is 10.3. The van der Waals surface area contributed by atoms with Gasteiger partial charge < -0.3 is 19.7 Å². The Bertz CT molecular complexity index is 1310. The summed E-state index contributed by atoms with van der Waals surface area (Å²) < 4.78 is 13.0. The van der Waals surface area contributed by atoms with Gasteiger partial charge in [-0.15, -0.1) is 10.2 Å². The maximum atomic E-state index is 6.39. The number of rotatable bonds is 5. The lowest BCUT2D eigenvalue weighted by Crippen LogP contribution is -2.26. The highest BCUT2D eigenvalue weighted by molar-refractivity contribution is 6.31. The van der Waals surface area contributed by atoms with Crippen LogP contribution in [-0.2, 0) is 13.0 Å². The average molecular weight is 451 g/mol. The van der Waals surface area contributed by atoms with Gasteiger partial charge >= 0.3 is 0 Å². The zero-order valence-electron chi connectivity index (χ0n) is 18.1. The van der Waals surface area contributed by atoms with Crippen LogP contribution in [-0.4, -0.2) is 52.5 Å². The fraction of sp³-hybridized carbons (Fsp3) is 0.261. The highest BCUT2D eigenvalue weighted by Gasteiger charge is 2.19. The first-order valence-corrected chi connectivity index (χ1v) is 10.6. The topological polar surface area (TPSA) is 77.3 Å². The largest absolute Gasteiger partial charge is 0.496 e. The third-order valence-corrected chi connectivity index (χ3v) is 5.99. The molecule has 2 aromatic heterocycles. The van der Waals surface area contributed by atoms with E-state index in [4.69, 9.17) is 21.1 Å². The van der Waals surface area contributed by atoms with Gasteiger partial charge in [-0.1, -0.05) is 17.7 Å². The van der Waals surface area contributed by atoms with Crippen molar-refractivity contribution in [2.24, 2.45) is 0 Å². The number of fused-ring (bicyclic) bond motifs is 2. The molecule has 1 aliphatic heterocycles. The van der Waals surface area contributed by atoms with Gasteiger partial charge in [0.2, 0.25) is 5.95 Å². The number of hydrogen-bond donors (Lipinski definition) is 1. The zero-order valence-corrected chi connectivity index (χ0v) is 18.8. The zero-order chi connectivity index (χ0) is 22.2. The van der Waals surface area contributed by atoms with Crippen molar-refractivity contribution in [2.45, 2.75) is 13.0 Å². The average Bonchev–Trinajstić information content (AvgIpc) is 3.24. The molecule has 0 aliphatic carbocycles. The summed E-state index contributed by atoms with van der Waals surface area (Å²) >= 11 is 6.39. The van der Waals surface area contributed by atoms with Crippen LogP contribution < -0.4 is 14.8 Å². The minimum Gasteiger partial charge on any atom is -0.496 e. The minimum absolute atomic E-state index is 0.204. The molecule has 1 N–H and O–H groups in total. The molecule has 0 bridgehead atoms. The SMILES string of the molecule is COc1cc2c(cc1Nc1nnc(Cl)c(-n3ccc4c(OC)cccc43)n1)CN(C)CC2.